The molecule has 0 atom stereocenters. The van der Waals surface area contributed by atoms with Crippen LogP contribution in [-0.4, -0.2) is 34.8 Å². The summed E-state index contributed by atoms with van der Waals surface area (Å²) in [5, 5.41) is 9.25. The molecule has 1 aliphatic rings. The van der Waals surface area contributed by atoms with Crippen LogP contribution >= 0.6 is 12.2 Å². The fourth-order valence-corrected chi connectivity index (χ4v) is 2.22. The van der Waals surface area contributed by atoms with Gasteiger partial charge in [-0.3, -0.25) is 0 Å². The van der Waals surface area contributed by atoms with E-state index >= 15 is 0 Å². The van der Waals surface area contributed by atoms with Crippen molar-refractivity contribution in [1.82, 2.24) is 4.98 Å². The Morgan fingerprint density at radius 2 is 2.29 bits per heavy atom. The Bertz CT molecular complexity index is 418. The highest BCUT2D eigenvalue weighted by atomic mass is 32.1. The van der Waals surface area contributed by atoms with Crippen molar-refractivity contribution in [2.75, 3.05) is 18.5 Å². The molecular weight excluding hydrogens is 234 g/mol. The number of nitrogens with two attached hydrogens (primary N) is 1. The number of anilines is 1. The predicted octanol–water partition coefficient (Wildman–Crippen LogP) is 0.923. The smallest absolute Gasteiger partial charge is 0.129 e. The molecule has 1 saturated carbocycles. The van der Waals surface area contributed by atoms with Gasteiger partial charge >= 0.3 is 0 Å². The van der Waals surface area contributed by atoms with Gasteiger partial charge in [0.15, 0.2) is 0 Å². The molecule has 92 valence electrons. The summed E-state index contributed by atoms with van der Waals surface area (Å²) in [5.41, 5.74) is 6.21. The Morgan fingerprint density at radius 1 is 1.59 bits per heavy atom. The molecule has 1 aromatic rings. The maximum Gasteiger partial charge on any atom is 0.129 e. The third-order valence-corrected chi connectivity index (χ3v) is 3.33. The number of rotatable bonds is 4. The van der Waals surface area contributed by atoms with Crippen LogP contribution in [-0.2, 0) is 0 Å². The summed E-state index contributed by atoms with van der Waals surface area (Å²) in [6.07, 6.45) is 1.67. The molecular formula is C12H17N3OS. The van der Waals surface area contributed by atoms with Crippen molar-refractivity contribution in [3.8, 4) is 0 Å². The average molecular weight is 251 g/mol. The molecule has 1 fully saturated rings. The Labute approximate surface area is 106 Å². The predicted molar refractivity (Wildman–Crippen MR) is 72.1 cm³/mol. The summed E-state index contributed by atoms with van der Waals surface area (Å²) in [7, 11) is 2.00. The van der Waals surface area contributed by atoms with E-state index in [2.05, 4.69) is 9.88 Å². The van der Waals surface area contributed by atoms with Crippen molar-refractivity contribution in [1.29, 1.82) is 0 Å². The van der Waals surface area contributed by atoms with Gasteiger partial charge in [0.25, 0.3) is 0 Å². The van der Waals surface area contributed by atoms with Crippen LogP contribution in [0.1, 0.15) is 18.5 Å². The molecule has 0 bridgehead atoms. The zero-order valence-corrected chi connectivity index (χ0v) is 10.7. The van der Waals surface area contributed by atoms with E-state index in [0.29, 0.717) is 16.6 Å². The van der Waals surface area contributed by atoms with E-state index in [1.807, 2.05) is 25.2 Å². The second-order valence-corrected chi connectivity index (χ2v) is 5.06. The minimum absolute atomic E-state index is 0.107. The van der Waals surface area contributed by atoms with E-state index in [-0.39, 0.29) is 6.10 Å². The van der Waals surface area contributed by atoms with Crippen LogP contribution in [0.25, 0.3) is 0 Å². The largest absolute Gasteiger partial charge is 0.393 e. The van der Waals surface area contributed by atoms with Gasteiger partial charge in [-0.15, -0.1) is 0 Å². The van der Waals surface area contributed by atoms with Crippen molar-refractivity contribution in [3.63, 3.8) is 0 Å². The van der Waals surface area contributed by atoms with E-state index in [0.717, 1.165) is 25.2 Å². The first kappa shape index (κ1) is 12.3. The van der Waals surface area contributed by atoms with E-state index in [1.165, 1.54) is 0 Å². The zero-order chi connectivity index (χ0) is 12.4. The Balaban J connectivity index is 2.00. The summed E-state index contributed by atoms with van der Waals surface area (Å²) < 4.78 is 0. The highest BCUT2D eigenvalue weighted by Gasteiger charge is 2.28. The lowest BCUT2D eigenvalue weighted by Crippen LogP contribution is -2.37. The van der Waals surface area contributed by atoms with Crippen molar-refractivity contribution in [2.45, 2.75) is 18.9 Å². The van der Waals surface area contributed by atoms with Gasteiger partial charge in [-0.1, -0.05) is 18.3 Å². The van der Waals surface area contributed by atoms with Gasteiger partial charge < -0.3 is 15.7 Å². The summed E-state index contributed by atoms with van der Waals surface area (Å²) in [5.74, 6) is 1.43. The lowest BCUT2D eigenvalue weighted by atomic mass is 9.82. The van der Waals surface area contributed by atoms with Crippen molar-refractivity contribution >= 4 is 23.0 Å². The number of aliphatic hydroxyl groups is 1. The molecule has 5 heteroatoms. The third-order valence-electron chi connectivity index (χ3n) is 3.12. The number of aromatic nitrogens is 1. The molecule has 0 amide bonds. The highest BCUT2D eigenvalue weighted by Crippen LogP contribution is 2.28. The molecule has 0 saturated heterocycles. The lowest BCUT2D eigenvalue weighted by molar-refractivity contribution is 0.0464. The van der Waals surface area contributed by atoms with Crippen molar-refractivity contribution in [2.24, 2.45) is 11.7 Å². The molecule has 3 N–H and O–H groups in total. The third kappa shape index (κ3) is 2.92. The van der Waals surface area contributed by atoms with Gasteiger partial charge in [0.2, 0.25) is 0 Å². The maximum absolute atomic E-state index is 9.25. The first-order chi connectivity index (χ1) is 8.06. The van der Waals surface area contributed by atoms with Gasteiger partial charge in [0.1, 0.15) is 10.8 Å². The Morgan fingerprint density at radius 3 is 2.88 bits per heavy atom. The van der Waals surface area contributed by atoms with Crippen LogP contribution in [0.2, 0.25) is 0 Å². The van der Waals surface area contributed by atoms with E-state index in [1.54, 1.807) is 0 Å². The number of thiocarbonyl (C=S) groups is 1. The number of aliphatic hydroxyl groups excluding tert-OH is 1. The summed E-state index contributed by atoms with van der Waals surface area (Å²) >= 11 is 4.91. The first-order valence-corrected chi connectivity index (χ1v) is 6.13. The molecule has 0 spiro atoms. The van der Waals surface area contributed by atoms with Gasteiger partial charge in [-0.05, 0) is 30.9 Å². The van der Waals surface area contributed by atoms with Crippen LogP contribution in [0.15, 0.2) is 18.2 Å². The minimum atomic E-state index is -0.107. The summed E-state index contributed by atoms with van der Waals surface area (Å²) in [4.78, 5) is 6.80. The van der Waals surface area contributed by atoms with Crippen LogP contribution in [0.3, 0.4) is 0 Å². The maximum atomic E-state index is 9.25. The van der Waals surface area contributed by atoms with Crippen LogP contribution in [0.5, 0.6) is 0 Å². The molecule has 17 heavy (non-hydrogen) atoms. The molecule has 1 aromatic heterocycles. The molecule has 0 aliphatic heterocycles. The number of hydrogen-bond donors (Lipinski definition) is 2. The van der Waals surface area contributed by atoms with Gasteiger partial charge in [-0.25, -0.2) is 4.98 Å². The Hall–Kier alpha value is -1.20. The van der Waals surface area contributed by atoms with Gasteiger partial charge in [-0.2, -0.15) is 0 Å². The van der Waals surface area contributed by atoms with Crippen molar-refractivity contribution < 1.29 is 5.11 Å². The van der Waals surface area contributed by atoms with E-state index in [4.69, 9.17) is 18.0 Å². The molecule has 0 aromatic carbocycles. The summed E-state index contributed by atoms with van der Waals surface area (Å²) in [6, 6.07) is 5.66. The number of nitrogens with zero attached hydrogens (tertiary/aromatic N) is 2. The van der Waals surface area contributed by atoms with Crippen LogP contribution in [0, 0.1) is 5.92 Å². The standard InChI is InChI=1S/C12H17N3OS/c1-15(7-8-5-9(16)6-8)11-4-2-3-10(14-11)12(13)17/h2-4,8-9,16H,5-7H2,1H3,(H2,13,17). The fraction of sp³-hybridized carbons (Fsp3) is 0.500. The molecule has 2 rings (SSSR count). The van der Waals surface area contributed by atoms with Crippen LogP contribution < -0.4 is 10.6 Å². The topological polar surface area (TPSA) is 62.4 Å². The molecule has 4 nitrogen and oxygen atoms in total. The Kier molecular flexibility index (Phi) is 3.59. The number of pyridine rings is 1. The van der Waals surface area contributed by atoms with Crippen LogP contribution in [0.4, 0.5) is 5.82 Å². The monoisotopic (exact) mass is 251 g/mol. The van der Waals surface area contributed by atoms with E-state index < -0.39 is 0 Å². The quantitative estimate of drug-likeness (QED) is 0.779. The molecule has 0 radical (unpaired) electrons. The zero-order valence-electron chi connectivity index (χ0n) is 9.84. The fourth-order valence-electron chi connectivity index (χ4n) is 2.10. The van der Waals surface area contributed by atoms with E-state index in [9.17, 15) is 5.11 Å². The highest BCUT2D eigenvalue weighted by molar-refractivity contribution is 7.80. The molecule has 0 unspecified atom stereocenters. The minimum Gasteiger partial charge on any atom is -0.393 e. The van der Waals surface area contributed by atoms with Gasteiger partial charge in [0.05, 0.1) is 11.8 Å². The SMILES string of the molecule is CN(CC1CC(O)C1)c1cccc(C(N)=S)n1. The second-order valence-electron chi connectivity index (χ2n) is 4.62. The molecule has 1 aliphatic carbocycles. The first-order valence-electron chi connectivity index (χ1n) is 5.72. The molecule has 1 heterocycles. The van der Waals surface area contributed by atoms with Crippen molar-refractivity contribution in [3.05, 3.63) is 23.9 Å². The normalized spacial score (nSPS) is 22.9. The second kappa shape index (κ2) is 4.98. The average Bonchev–Trinajstić information content (AvgIpc) is 2.27. The summed E-state index contributed by atoms with van der Waals surface area (Å²) in [6.45, 7) is 0.908. The number of hydrogen-bond acceptors (Lipinski definition) is 4. The van der Waals surface area contributed by atoms with Gasteiger partial charge in [0, 0.05) is 13.6 Å². The lowest BCUT2D eigenvalue weighted by Gasteiger charge is -2.34.